The van der Waals surface area contributed by atoms with Crippen LogP contribution in [-0.2, 0) is 9.59 Å². The van der Waals surface area contributed by atoms with Crippen molar-refractivity contribution in [3.8, 4) is 11.3 Å². The fraction of sp³-hybridized carbons (Fsp3) is 0.125. The molecule has 0 radical (unpaired) electrons. The van der Waals surface area contributed by atoms with Gasteiger partial charge in [0.15, 0.2) is 0 Å². The molecule has 0 aliphatic carbocycles. The second-order valence-electron chi connectivity index (χ2n) is 7.81. The zero-order valence-electron chi connectivity index (χ0n) is 18.5. The molecule has 1 N–H and O–H groups in total. The van der Waals surface area contributed by atoms with Crippen molar-refractivity contribution in [3.05, 3.63) is 85.5 Å². The Bertz CT molecular complexity index is 1390. The third-order valence-electron chi connectivity index (χ3n) is 5.00. The van der Waals surface area contributed by atoms with E-state index < -0.39 is 28.5 Å². The summed E-state index contributed by atoms with van der Waals surface area (Å²) in [7, 11) is 0. The Morgan fingerprint density at radius 3 is 2.54 bits per heavy atom. The molecule has 0 spiro atoms. The van der Waals surface area contributed by atoms with Gasteiger partial charge in [-0.3, -0.25) is 29.4 Å². The number of imide groups is 1. The maximum absolute atomic E-state index is 12.8. The van der Waals surface area contributed by atoms with Crippen LogP contribution in [0.4, 0.5) is 16.2 Å². The Kier molecular flexibility index (Phi) is 6.77. The molecule has 0 saturated carbocycles. The molecular formula is C24H18ClN3O6S. The molecule has 178 valence electrons. The molecule has 1 saturated heterocycles. The first kappa shape index (κ1) is 24.2. The molecule has 9 nitrogen and oxygen atoms in total. The number of furan rings is 1. The quantitative estimate of drug-likeness (QED) is 0.252. The van der Waals surface area contributed by atoms with Crippen molar-refractivity contribution in [1.29, 1.82) is 0 Å². The Hall–Kier alpha value is -3.89. The monoisotopic (exact) mass is 511 g/mol. The van der Waals surface area contributed by atoms with Gasteiger partial charge < -0.3 is 9.73 Å². The second kappa shape index (κ2) is 9.77. The van der Waals surface area contributed by atoms with Gasteiger partial charge in [-0.15, -0.1) is 0 Å². The molecule has 1 fully saturated rings. The van der Waals surface area contributed by atoms with Crippen molar-refractivity contribution in [2.45, 2.75) is 13.8 Å². The lowest BCUT2D eigenvalue weighted by Crippen LogP contribution is -2.36. The number of benzene rings is 2. The van der Waals surface area contributed by atoms with Crippen LogP contribution >= 0.6 is 23.4 Å². The zero-order valence-corrected chi connectivity index (χ0v) is 20.1. The number of anilines is 1. The first-order valence-electron chi connectivity index (χ1n) is 10.3. The van der Waals surface area contributed by atoms with E-state index in [0.29, 0.717) is 17.4 Å². The highest BCUT2D eigenvalue weighted by atomic mass is 35.5. The average Bonchev–Trinajstić information content (AvgIpc) is 3.33. The summed E-state index contributed by atoms with van der Waals surface area (Å²) in [5.74, 6) is -0.721. The third-order valence-corrected chi connectivity index (χ3v) is 6.15. The number of carbonyl (C=O) groups is 3. The molecule has 0 bridgehead atoms. The summed E-state index contributed by atoms with van der Waals surface area (Å²) in [6.45, 7) is 3.36. The Balaban J connectivity index is 1.49. The fourth-order valence-corrected chi connectivity index (χ4v) is 4.58. The molecule has 35 heavy (non-hydrogen) atoms. The summed E-state index contributed by atoms with van der Waals surface area (Å²) in [5, 5.41) is 13.7. The maximum Gasteiger partial charge on any atom is 0.294 e. The molecule has 4 rings (SSSR count). The number of halogens is 1. The van der Waals surface area contributed by atoms with Gasteiger partial charge in [0, 0.05) is 22.9 Å². The van der Waals surface area contributed by atoms with E-state index in [1.807, 2.05) is 19.9 Å². The normalized spacial score (nSPS) is 14.6. The number of aryl methyl sites for hydroxylation is 2. The molecule has 3 aromatic rings. The lowest BCUT2D eigenvalue weighted by atomic mass is 10.1. The highest BCUT2D eigenvalue weighted by molar-refractivity contribution is 8.18. The minimum atomic E-state index is -0.633. The van der Waals surface area contributed by atoms with Crippen LogP contribution in [-0.4, -0.2) is 33.4 Å². The minimum absolute atomic E-state index is 0.0701. The van der Waals surface area contributed by atoms with Crippen LogP contribution < -0.4 is 5.32 Å². The SMILES string of the molecule is Cc1cc(C)cc(NC(=O)CN2C(=O)S/C(=C/c3ccc(-c4ccc(Cl)cc4[N+](=O)[O-])o3)C2=O)c1. The third kappa shape index (κ3) is 5.44. The molecule has 0 unspecified atom stereocenters. The van der Waals surface area contributed by atoms with Gasteiger partial charge in [0.2, 0.25) is 5.91 Å². The number of carbonyl (C=O) groups excluding carboxylic acids is 3. The summed E-state index contributed by atoms with van der Waals surface area (Å²) in [6.07, 6.45) is 1.36. The fourth-order valence-electron chi connectivity index (χ4n) is 3.60. The van der Waals surface area contributed by atoms with Crippen LogP contribution in [0.5, 0.6) is 0 Å². The van der Waals surface area contributed by atoms with E-state index in [2.05, 4.69) is 5.32 Å². The molecule has 3 amide bonds. The predicted octanol–water partition coefficient (Wildman–Crippen LogP) is 5.80. The van der Waals surface area contributed by atoms with Crippen LogP contribution in [0.15, 0.2) is 57.9 Å². The molecule has 2 heterocycles. The number of rotatable bonds is 6. The lowest BCUT2D eigenvalue weighted by Gasteiger charge is -2.13. The molecule has 0 atom stereocenters. The number of nitrogens with zero attached hydrogens (tertiary/aromatic N) is 2. The summed E-state index contributed by atoms with van der Waals surface area (Å²) in [5.41, 5.74) is 2.51. The van der Waals surface area contributed by atoms with Crippen molar-refractivity contribution < 1.29 is 23.7 Å². The van der Waals surface area contributed by atoms with Crippen molar-refractivity contribution in [2.24, 2.45) is 0 Å². The summed E-state index contributed by atoms with van der Waals surface area (Å²) in [6, 6.07) is 12.8. The number of hydrogen-bond acceptors (Lipinski definition) is 7. The molecule has 1 aliphatic rings. The molecular weight excluding hydrogens is 494 g/mol. The summed E-state index contributed by atoms with van der Waals surface area (Å²) < 4.78 is 5.67. The van der Waals surface area contributed by atoms with Crippen LogP contribution in [0.3, 0.4) is 0 Å². The van der Waals surface area contributed by atoms with Gasteiger partial charge >= 0.3 is 0 Å². The van der Waals surface area contributed by atoms with E-state index in [0.717, 1.165) is 16.0 Å². The first-order valence-corrected chi connectivity index (χ1v) is 11.5. The van der Waals surface area contributed by atoms with Crippen LogP contribution in [0.1, 0.15) is 16.9 Å². The van der Waals surface area contributed by atoms with Crippen molar-refractivity contribution in [3.63, 3.8) is 0 Å². The lowest BCUT2D eigenvalue weighted by molar-refractivity contribution is -0.384. The molecule has 11 heteroatoms. The van der Waals surface area contributed by atoms with Crippen molar-refractivity contribution in [2.75, 3.05) is 11.9 Å². The highest BCUT2D eigenvalue weighted by Crippen LogP contribution is 2.36. The second-order valence-corrected chi connectivity index (χ2v) is 9.24. The average molecular weight is 512 g/mol. The maximum atomic E-state index is 12.8. The molecule has 2 aromatic carbocycles. The highest BCUT2D eigenvalue weighted by Gasteiger charge is 2.36. The summed E-state index contributed by atoms with van der Waals surface area (Å²) in [4.78, 5) is 49.3. The largest absolute Gasteiger partial charge is 0.456 e. The molecule has 1 aliphatic heterocycles. The number of hydrogen-bond donors (Lipinski definition) is 1. The van der Waals surface area contributed by atoms with E-state index >= 15 is 0 Å². The van der Waals surface area contributed by atoms with Crippen molar-refractivity contribution >= 4 is 57.9 Å². The van der Waals surface area contributed by atoms with E-state index in [1.54, 1.807) is 12.1 Å². The van der Waals surface area contributed by atoms with E-state index in [1.165, 1.54) is 36.4 Å². The molecule has 1 aromatic heterocycles. The van der Waals surface area contributed by atoms with Gasteiger partial charge in [0.25, 0.3) is 16.8 Å². The van der Waals surface area contributed by atoms with Crippen LogP contribution in [0.2, 0.25) is 5.02 Å². The Morgan fingerprint density at radius 2 is 1.86 bits per heavy atom. The van der Waals surface area contributed by atoms with Crippen LogP contribution in [0, 0.1) is 24.0 Å². The zero-order chi connectivity index (χ0) is 25.3. The van der Waals surface area contributed by atoms with E-state index in [9.17, 15) is 24.5 Å². The van der Waals surface area contributed by atoms with Crippen molar-refractivity contribution in [1.82, 2.24) is 4.90 Å². The van der Waals surface area contributed by atoms with Gasteiger partial charge in [-0.1, -0.05) is 17.7 Å². The number of nitro groups is 1. The Labute approximate surface area is 208 Å². The smallest absolute Gasteiger partial charge is 0.294 e. The van der Waals surface area contributed by atoms with E-state index in [-0.39, 0.29) is 32.7 Å². The van der Waals surface area contributed by atoms with E-state index in [4.69, 9.17) is 16.0 Å². The standard InChI is InChI=1S/C24H18ClN3O6S/c1-13-7-14(2)9-16(8-13)26-22(29)12-27-23(30)21(35-24(27)31)11-17-4-6-20(34-17)18-5-3-15(25)10-19(18)28(32)33/h3-11H,12H2,1-2H3,(H,26,29)/b21-11+. The number of amides is 3. The van der Waals surface area contributed by atoms with Gasteiger partial charge in [-0.25, -0.2) is 0 Å². The predicted molar refractivity (Wildman–Crippen MR) is 133 cm³/mol. The summed E-state index contributed by atoms with van der Waals surface area (Å²) >= 11 is 6.53. The topological polar surface area (TPSA) is 123 Å². The van der Waals surface area contributed by atoms with Gasteiger partial charge in [-0.2, -0.15) is 0 Å². The van der Waals surface area contributed by atoms with Crippen LogP contribution in [0.25, 0.3) is 17.4 Å². The minimum Gasteiger partial charge on any atom is -0.456 e. The first-order chi connectivity index (χ1) is 16.6. The van der Waals surface area contributed by atoms with Gasteiger partial charge in [-0.05, 0) is 73.1 Å². The van der Waals surface area contributed by atoms with Gasteiger partial charge in [0.1, 0.15) is 18.1 Å². The Morgan fingerprint density at radius 1 is 1.14 bits per heavy atom. The van der Waals surface area contributed by atoms with Gasteiger partial charge in [0.05, 0.1) is 15.4 Å². The number of thioether (sulfide) groups is 1. The number of nitrogens with one attached hydrogen (secondary N) is 1. The number of nitro benzene ring substituents is 1.